The molecule has 1 fully saturated rings. The molecule has 1 aromatic heterocycles. The largest absolute Gasteiger partial charge is 0.489 e. The second kappa shape index (κ2) is 7.85. The van der Waals surface area contributed by atoms with Crippen LogP contribution >= 0.6 is 11.6 Å². The summed E-state index contributed by atoms with van der Waals surface area (Å²) < 4.78 is 14.2. The number of ether oxygens (including phenoxy) is 2. The average Bonchev–Trinajstić information content (AvgIpc) is 3.18. The fourth-order valence-corrected chi connectivity index (χ4v) is 4.94. The Morgan fingerprint density at radius 2 is 1.94 bits per heavy atom. The summed E-state index contributed by atoms with van der Waals surface area (Å²) in [5.74, 6) is 1.44. The van der Waals surface area contributed by atoms with E-state index < -0.39 is 5.60 Å². The second-order valence-electron chi connectivity index (χ2n) is 8.73. The van der Waals surface area contributed by atoms with Gasteiger partial charge in [-0.2, -0.15) is 5.10 Å². The van der Waals surface area contributed by atoms with Crippen LogP contribution < -0.4 is 9.47 Å². The third-order valence-electron chi connectivity index (χ3n) is 6.28. The van der Waals surface area contributed by atoms with E-state index in [0.29, 0.717) is 42.3 Å². The molecule has 166 valence electrons. The Kier molecular flexibility index (Phi) is 5.13. The molecule has 0 atom stereocenters. The standard InChI is InChI=1S/C25H26ClN3O3/c1-16(2)31-22-9-8-17(14-20(22)26)24(30)29-12-10-25(11-13-29)19-15-27-28(3)23(19)18-6-4-5-7-21(18)32-25/h4-9,14-16H,10-13H2,1-3H3. The topological polar surface area (TPSA) is 56.6 Å². The molecule has 0 saturated carbocycles. The number of aryl methyl sites for hydroxylation is 1. The summed E-state index contributed by atoms with van der Waals surface area (Å²) in [7, 11) is 1.96. The highest BCUT2D eigenvalue weighted by atomic mass is 35.5. The van der Waals surface area contributed by atoms with Crippen LogP contribution in [0.15, 0.2) is 48.7 Å². The van der Waals surface area contributed by atoms with E-state index in [-0.39, 0.29) is 12.0 Å². The molecule has 1 amide bonds. The monoisotopic (exact) mass is 451 g/mol. The zero-order chi connectivity index (χ0) is 22.5. The van der Waals surface area contributed by atoms with Crippen molar-refractivity contribution in [2.75, 3.05) is 13.1 Å². The van der Waals surface area contributed by atoms with Crippen LogP contribution in [0.5, 0.6) is 11.5 Å². The van der Waals surface area contributed by atoms with Gasteiger partial charge in [0, 0.05) is 49.7 Å². The van der Waals surface area contributed by atoms with Gasteiger partial charge in [0.25, 0.3) is 5.91 Å². The van der Waals surface area contributed by atoms with Crippen molar-refractivity contribution in [3.8, 4) is 22.8 Å². The second-order valence-corrected chi connectivity index (χ2v) is 9.13. The minimum absolute atomic E-state index is 0.0188. The van der Waals surface area contributed by atoms with E-state index in [0.717, 1.165) is 22.6 Å². The van der Waals surface area contributed by atoms with Crippen LogP contribution in [0.2, 0.25) is 5.02 Å². The molecule has 2 aromatic carbocycles. The van der Waals surface area contributed by atoms with E-state index in [1.54, 1.807) is 18.2 Å². The number of amides is 1. The molecule has 0 bridgehead atoms. The lowest BCUT2D eigenvalue weighted by Crippen LogP contribution is -2.49. The summed E-state index contributed by atoms with van der Waals surface area (Å²) in [6.45, 7) is 5.07. The number of carbonyl (C=O) groups excluding carboxylic acids is 1. The van der Waals surface area contributed by atoms with E-state index in [1.807, 2.05) is 54.9 Å². The Bertz CT molecular complexity index is 1180. The Hall–Kier alpha value is -2.99. The number of hydrogen-bond acceptors (Lipinski definition) is 4. The smallest absolute Gasteiger partial charge is 0.253 e. The van der Waals surface area contributed by atoms with Crippen molar-refractivity contribution >= 4 is 17.5 Å². The molecule has 3 aromatic rings. The number of hydrogen-bond donors (Lipinski definition) is 0. The first-order valence-corrected chi connectivity index (χ1v) is 11.3. The third kappa shape index (κ3) is 3.43. The first kappa shape index (κ1) is 20.9. The molecule has 2 aliphatic rings. The van der Waals surface area contributed by atoms with Gasteiger partial charge in [-0.15, -0.1) is 0 Å². The summed E-state index contributed by atoms with van der Waals surface area (Å²) in [5, 5.41) is 4.97. The highest BCUT2D eigenvalue weighted by Crippen LogP contribution is 2.49. The van der Waals surface area contributed by atoms with Crippen molar-refractivity contribution in [2.45, 2.75) is 38.4 Å². The lowest BCUT2D eigenvalue weighted by atomic mass is 9.81. The van der Waals surface area contributed by atoms with Crippen LogP contribution in [0.3, 0.4) is 0 Å². The van der Waals surface area contributed by atoms with Gasteiger partial charge in [0.15, 0.2) is 0 Å². The molecule has 0 N–H and O–H groups in total. The number of carbonyl (C=O) groups is 1. The molecule has 1 saturated heterocycles. The summed E-state index contributed by atoms with van der Waals surface area (Å²) >= 11 is 6.35. The first-order valence-electron chi connectivity index (χ1n) is 10.9. The molecule has 7 heteroatoms. The molecule has 5 rings (SSSR count). The predicted molar refractivity (Wildman–Crippen MR) is 123 cm³/mol. The summed E-state index contributed by atoms with van der Waals surface area (Å²) in [6, 6.07) is 13.3. The Labute approximate surface area is 192 Å². The van der Waals surface area contributed by atoms with E-state index in [2.05, 4.69) is 11.2 Å². The molecule has 32 heavy (non-hydrogen) atoms. The first-order chi connectivity index (χ1) is 15.4. The lowest BCUT2D eigenvalue weighted by molar-refractivity contribution is -0.00172. The van der Waals surface area contributed by atoms with E-state index >= 15 is 0 Å². The number of likely N-dealkylation sites (tertiary alicyclic amines) is 1. The molecule has 1 spiro atoms. The van der Waals surface area contributed by atoms with Gasteiger partial charge in [0.05, 0.1) is 23.0 Å². The van der Waals surface area contributed by atoms with Crippen LogP contribution in [-0.2, 0) is 12.6 Å². The predicted octanol–water partition coefficient (Wildman–Crippen LogP) is 5.05. The van der Waals surface area contributed by atoms with Gasteiger partial charge in [-0.1, -0.05) is 23.7 Å². The van der Waals surface area contributed by atoms with Crippen LogP contribution in [0, 0.1) is 0 Å². The maximum atomic E-state index is 13.2. The summed E-state index contributed by atoms with van der Waals surface area (Å²) in [6.07, 6.45) is 3.34. The summed E-state index contributed by atoms with van der Waals surface area (Å²) in [5.41, 5.74) is 3.36. The highest BCUT2D eigenvalue weighted by Gasteiger charge is 2.45. The maximum Gasteiger partial charge on any atom is 0.253 e. The number of piperidine rings is 1. The average molecular weight is 452 g/mol. The van der Waals surface area contributed by atoms with Gasteiger partial charge in [-0.3, -0.25) is 9.48 Å². The van der Waals surface area contributed by atoms with Gasteiger partial charge >= 0.3 is 0 Å². The molecule has 6 nitrogen and oxygen atoms in total. The number of halogens is 1. The SMILES string of the molecule is CC(C)Oc1ccc(C(=O)N2CCC3(CC2)Oc2ccccc2-c2c3cnn2C)cc1Cl. The molecular formula is C25H26ClN3O3. The van der Waals surface area contributed by atoms with Crippen molar-refractivity contribution in [2.24, 2.45) is 7.05 Å². The fraction of sp³-hybridized carbons (Fsp3) is 0.360. The van der Waals surface area contributed by atoms with Crippen molar-refractivity contribution in [1.82, 2.24) is 14.7 Å². The molecular weight excluding hydrogens is 426 g/mol. The molecule has 0 radical (unpaired) electrons. The maximum absolute atomic E-state index is 13.2. The van der Waals surface area contributed by atoms with Gasteiger partial charge in [0.1, 0.15) is 17.1 Å². The van der Waals surface area contributed by atoms with Crippen molar-refractivity contribution in [1.29, 1.82) is 0 Å². The van der Waals surface area contributed by atoms with Gasteiger partial charge < -0.3 is 14.4 Å². The normalized spacial score (nSPS) is 16.5. The fourth-order valence-electron chi connectivity index (χ4n) is 4.72. The molecule has 2 aliphatic heterocycles. The van der Waals surface area contributed by atoms with Crippen LogP contribution in [0.25, 0.3) is 11.3 Å². The number of aromatic nitrogens is 2. The number of benzene rings is 2. The zero-order valence-electron chi connectivity index (χ0n) is 18.5. The van der Waals surface area contributed by atoms with Crippen LogP contribution in [0.4, 0.5) is 0 Å². The Balaban J connectivity index is 1.36. The third-order valence-corrected chi connectivity index (χ3v) is 6.57. The zero-order valence-corrected chi connectivity index (χ0v) is 19.2. The van der Waals surface area contributed by atoms with E-state index in [4.69, 9.17) is 21.1 Å². The van der Waals surface area contributed by atoms with Crippen LogP contribution in [0.1, 0.15) is 42.6 Å². The van der Waals surface area contributed by atoms with Gasteiger partial charge in [-0.05, 0) is 44.2 Å². The quantitative estimate of drug-likeness (QED) is 0.559. The number of para-hydroxylation sites is 1. The number of nitrogens with zero attached hydrogens (tertiary/aromatic N) is 3. The molecule has 0 aliphatic carbocycles. The number of fused-ring (bicyclic) bond motifs is 4. The molecule has 3 heterocycles. The van der Waals surface area contributed by atoms with Gasteiger partial charge in [0.2, 0.25) is 0 Å². The van der Waals surface area contributed by atoms with Crippen molar-refractivity contribution in [3.05, 3.63) is 64.8 Å². The Morgan fingerprint density at radius 1 is 1.19 bits per heavy atom. The minimum Gasteiger partial charge on any atom is -0.489 e. The van der Waals surface area contributed by atoms with Gasteiger partial charge in [-0.25, -0.2) is 0 Å². The minimum atomic E-state index is -0.471. The van der Waals surface area contributed by atoms with Crippen LogP contribution in [-0.4, -0.2) is 39.8 Å². The lowest BCUT2D eigenvalue weighted by Gasteiger charge is -2.44. The number of rotatable bonds is 3. The van der Waals surface area contributed by atoms with Crippen molar-refractivity contribution < 1.29 is 14.3 Å². The summed E-state index contributed by atoms with van der Waals surface area (Å²) in [4.78, 5) is 15.0. The molecule has 0 unspecified atom stereocenters. The van der Waals surface area contributed by atoms with E-state index in [9.17, 15) is 4.79 Å². The Morgan fingerprint density at radius 3 is 2.66 bits per heavy atom. The van der Waals surface area contributed by atoms with E-state index in [1.165, 1.54) is 0 Å². The highest BCUT2D eigenvalue weighted by molar-refractivity contribution is 6.32. The van der Waals surface area contributed by atoms with Crippen molar-refractivity contribution in [3.63, 3.8) is 0 Å².